The molecule has 0 unspecified atom stereocenters. The normalized spacial score (nSPS) is 15.9. The summed E-state index contributed by atoms with van der Waals surface area (Å²) in [5.41, 5.74) is 0.127. The number of aromatic amines is 1. The summed E-state index contributed by atoms with van der Waals surface area (Å²) in [5, 5.41) is 2.73. The number of carbonyl (C=O) groups excluding carboxylic acids is 1. The van der Waals surface area contributed by atoms with Gasteiger partial charge in [-0.15, -0.1) is 0 Å². The molecule has 2 heterocycles. The maximum absolute atomic E-state index is 11.4. The van der Waals surface area contributed by atoms with Crippen LogP contribution in [0, 0.1) is 0 Å². The van der Waals surface area contributed by atoms with E-state index in [4.69, 9.17) is 12.2 Å². The van der Waals surface area contributed by atoms with E-state index in [1.54, 1.807) is 12.1 Å². The first kappa shape index (κ1) is 8.89. The first-order valence-electron chi connectivity index (χ1n) is 3.97. The summed E-state index contributed by atoms with van der Waals surface area (Å²) < 4.78 is 0. The van der Waals surface area contributed by atoms with E-state index in [0.717, 1.165) is 0 Å². The lowest BCUT2D eigenvalue weighted by molar-refractivity contribution is -0.117. The summed E-state index contributed by atoms with van der Waals surface area (Å²) in [5.74, 6) is -0.196. The Hall–Kier alpha value is -1.69. The number of rotatable bonds is 1. The Morgan fingerprint density at radius 3 is 2.79 bits per heavy atom. The molecule has 0 saturated carbocycles. The fourth-order valence-corrected chi connectivity index (χ4v) is 1.54. The zero-order chi connectivity index (χ0) is 10.1. The van der Waals surface area contributed by atoms with E-state index in [9.17, 15) is 9.59 Å². The highest BCUT2D eigenvalue weighted by molar-refractivity contribution is 7.80. The molecule has 72 valence electrons. The van der Waals surface area contributed by atoms with Crippen molar-refractivity contribution in [2.45, 2.75) is 0 Å². The minimum Gasteiger partial charge on any atom is -0.327 e. The first-order valence-corrected chi connectivity index (χ1v) is 4.38. The van der Waals surface area contributed by atoms with Crippen LogP contribution < -0.4 is 15.8 Å². The van der Waals surface area contributed by atoms with Crippen molar-refractivity contribution < 1.29 is 4.79 Å². The number of amides is 1. The molecule has 14 heavy (non-hydrogen) atoms. The minimum absolute atomic E-state index is 0.103. The second-order valence-electron chi connectivity index (χ2n) is 2.82. The van der Waals surface area contributed by atoms with Gasteiger partial charge in [-0.25, -0.2) is 0 Å². The third kappa shape index (κ3) is 1.39. The van der Waals surface area contributed by atoms with Crippen LogP contribution in [0.2, 0.25) is 0 Å². The van der Waals surface area contributed by atoms with E-state index in [0.29, 0.717) is 5.69 Å². The Kier molecular flexibility index (Phi) is 2.05. The third-order valence-corrected chi connectivity index (χ3v) is 2.20. The van der Waals surface area contributed by atoms with E-state index in [1.807, 2.05) is 0 Å². The molecular formula is C8H7N3O2S. The molecule has 1 fully saturated rings. The number of anilines is 1. The van der Waals surface area contributed by atoms with Gasteiger partial charge in [0, 0.05) is 6.20 Å². The van der Waals surface area contributed by atoms with Crippen molar-refractivity contribution in [3.8, 4) is 0 Å². The molecule has 1 amide bonds. The Morgan fingerprint density at radius 2 is 2.21 bits per heavy atom. The van der Waals surface area contributed by atoms with Crippen molar-refractivity contribution in [3.05, 3.63) is 28.7 Å². The number of carbonyl (C=O) groups is 1. The monoisotopic (exact) mass is 209 g/mol. The number of pyridine rings is 1. The van der Waals surface area contributed by atoms with E-state index in [1.165, 1.54) is 11.1 Å². The molecule has 1 aliphatic rings. The molecule has 0 radical (unpaired) electrons. The molecule has 5 nitrogen and oxygen atoms in total. The van der Waals surface area contributed by atoms with Crippen LogP contribution in [-0.4, -0.2) is 22.5 Å². The number of nitrogens with one attached hydrogen (secondary N) is 2. The van der Waals surface area contributed by atoms with E-state index < -0.39 is 0 Å². The molecule has 6 heteroatoms. The van der Waals surface area contributed by atoms with Crippen LogP contribution in [0.25, 0.3) is 0 Å². The largest absolute Gasteiger partial charge is 0.327 e. The second-order valence-corrected chi connectivity index (χ2v) is 3.21. The molecule has 0 atom stereocenters. The average molecular weight is 209 g/mol. The molecule has 2 rings (SSSR count). The molecule has 0 aromatic carbocycles. The van der Waals surface area contributed by atoms with Crippen LogP contribution in [0.3, 0.4) is 0 Å². The average Bonchev–Trinajstić information content (AvgIpc) is 2.46. The molecule has 0 aliphatic carbocycles. The van der Waals surface area contributed by atoms with Crippen molar-refractivity contribution in [3.63, 3.8) is 0 Å². The van der Waals surface area contributed by atoms with E-state index >= 15 is 0 Å². The van der Waals surface area contributed by atoms with Crippen LogP contribution >= 0.6 is 12.2 Å². The van der Waals surface area contributed by atoms with Crippen molar-refractivity contribution in [1.29, 1.82) is 0 Å². The van der Waals surface area contributed by atoms with Crippen LogP contribution in [0.5, 0.6) is 0 Å². The quantitative estimate of drug-likeness (QED) is 0.617. The highest BCUT2D eigenvalue weighted by Gasteiger charge is 2.25. The predicted octanol–water partition coefficient (Wildman–Crippen LogP) is -0.404. The predicted molar refractivity (Wildman–Crippen MR) is 55.1 cm³/mol. The maximum atomic E-state index is 11.4. The lowest BCUT2D eigenvalue weighted by Crippen LogP contribution is -2.31. The summed E-state index contributed by atoms with van der Waals surface area (Å²) in [4.78, 5) is 26.3. The highest BCUT2D eigenvalue weighted by Crippen LogP contribution is 2.09. The molecule has 1 saturated heterocycles. The zero-order valence-electron chi connectivity index (χ0n) is 7.11. The van der Waals surface area contributed by atoms with Gasteiger partial charge in [-0.05, 0) is 24.4 Å². The van der Waals surface area contributed by atoms with Crippen LogP contribution in [0.1, 0.15) is 0 Å². The summed E-state index contributed by atoms with van der Waals surface area (Å²) in [6, 6.07) is 3.30. The number of hydrogen-bond acceptors (Lipinski definition) is 3. The topological polar surface area (TPSA) is 65.2 Å². The van der Waals surface area contributed by atoms with Gasteiger partial charge >= 0.3 is 0 Å². The lowest BCUT2D eigenvalue weighted by Gasteiger charge is -2.13. The van der Waals surface area contributed by atoms with Gasteiger partial charge in [0.05, 0.1) is 0 Å². The number of H-pyrrole nitrogens is 1. The van der Waals surface area contributed by atoms with E-state index in [-0.39, 0.29) is 23.1 Å². The minimum atomic E-state index is -0.258. The smallest absolute Gasteiger partial charge is 0.271 e. The molecule has 0 bridgehead atoms. The standard InChI is InChI=1S/C8H7N3O2S/c12-6-4-11(8(14)10-6)5-2-1-3-9-7(5)13/h1-3H,4H2,(H,9,13)(H,10,12,14). The lowest BCUT2D eigenvalue weighted by atomic mass is 10.4. The molecule has 2 N–H and O–H groups in total. The van der Waals surface area contributed by atoms with Crippen molar-refractivity contribution >= 4 is 28.9 Å². The number of hydrogen-bond donors (Lipinski definition) is 2. The van der Waals surface area contributed by atoms with Gasteiger partial charge in [0.2, 0.25) is 5.91 Å². The Bertz CT molecular complexity index is 454. The van der Waals surface area contributed by atoms with Gasteiger partial charge in [-0.2, -0.15) is 0 Å². The second kappa shape index (κ2) is 3.22. The number of nitrogens with zero attached hydrogens (tertiary/aromatic N) is 1. The number of thiocarbonyl (C=S) groups is 1. The molecular weight excluding hydrogens is 202 g/mol. The van der Waals surface area contributed by atoms with Gasteiger partial charge in [0.25, 0.3) is 5.56 Å². The Labute approximate surface area is 84.7 Å². The van der Waals surface area contributed by atoms with Crippen molar-refractivity contribution in [2.24, 2.45) is 0 Å². The summed E-state index contributed by atoms with van der Waals surface area (Å²) in [7, 11) is 0. The summed E-state index contributed by atoms with van der Waals surface area (Å²) in [6.45, 7) is 0.103. The molecule has 1 aliphatic heterocycles. The van der Waals surface area contributed by atoms with Gasteiger partial charge in [0.1, 0.15) is 12.2 Å². The van der Waals surface area contributed by atoms with Crippen LogP contribution in [0.15, 0.2) is 23.1 Å². The summed E-state index contributed by atoms with van der Waals surface area (Å²) >= 11 is 4.90. The first-order chi connectivity index (χ1) is 6.68. The zero-order valence-corrected chi connectivity index (χ0v) is 7.93. The van der Waals surface area contributed by atoms with Crippen LogP contribution in [0.4, 0.5) is 5.69 Å². The third-order valence-electron chi connectivity index (χ3n) is 1.88. The van der Waals surface area contributed by atoms with Crippen molar-refractivity contribution in [1.82, 2.24) is 10.3 Å². The Balaban J connectivity index is 2.41. The Morgan fingerprint density at radius 1 is 1.43 bits per heavy atom. The number of aromatic nitrogens is 1. The molecule has 0 spiro atoms. The summed E-state index contributed by atoms with van der Waals surface area (Å²) in [6.07, 6.45) is 1.53. The van der Waals surface area contributed by atoms with Gasteiger partial charge < -0.3 is 15.2 Å². The van der Waals surface area contributed by atoms with E-state index in [2.05, 4.69) is 10.3 Å². The SMILES string of the molecule is O=C1CN(c2ccc[nH]c2=O)C(=S)N1. The fraction of sp³-hybridized carbons (Fsp3) is 0.125. The highest BCUT2D eigenvalue weighted by atomic mass is 32.1. The van der Waals surface area contributed by atoms with Crippen LogP contribution in [-0.2, 0) is 4.79 Å². The van der Waals surface area contributed by atoms with Gasteiger partial charge in [0.15, 0.2) is 5.11 Å². The van der Waals surface area contributed by atoms with Gasteiger partial charge in [-0.1, -0.05) is 0 Å². The molecule has 1 aromatic heterocycles. The maximum Gasteiger partial charge on any atom is 0.271 e. The van der Waals surface area contributed by atoms with Gasteiger partial charge in [-0.3, -0.25) is 9.59 Å². The fourth-order valence-electron chi connectivity index (χ4n) is 1.26. The van der Waals surface area contributed by atoms with Crippen molar-refractivity contribution in [2.75, 3.05) is 11.4 Å². The molecule has 1 aromatic rings.